The van der Waals surface area contributed by atoms with Crippen molar-refractivity contribution >= 4 is 11.9 Å². The maximum atomic E-state index is 11.0. The van der Waals surface area contributed by atoms with Crippen LogP contribution < -0.4 is 110 Å². The monoisotopic (exact) mass is 330 g/mol. The summed E-state index contributed by atoms with van der Waals surface area (Å²) in [5.74, 6) is -2.81. The molecule has 0 aliphatic rings. The van der Waals surface area contributed by atoms with E-state index in [-0.39, 0.29) is 108 Å². The first-order valence-electron chi connectivity index (χ1n) is 5.62. The van der Waals surface area contributed by atoms with Gasteiger partial charge in [0.2, 0.25) is 0 Å². The normalized spacial score (nSPS) is 10.8. The van der Waals surface area contributed by atoms with E-state index in [1.165, 1.54) is 0 Å². The maximum absolute atomic E-state index is 11.0. The van der Waals surface area contributed by atoms with E-state index < -0.39 is 24.5 Å². The molecule has 0 radical (unpaired) electrons. The molecule has 0 bridgehead atoms. The van der Waals surface area contributed by atoms with E-state index >= 15 is 0 Å². The number of carboxylic acid groups (broad SMARTS) is 2. The summed E-state index contributed by atoms with van der Waals surface area (Å²) < 4.78 is 0. The van der Waals surface area contributed by atoms with Crippen LogP contribution in [-0.2, 0) is 14.5 Å². The predicted molar refractivity (Wildman–Crippen MR) is 54.2 cm³/mol. The van der Waals surface area contributed by atoms with Crippen molar-refractivity contribution in [1.29, 1.82) is 0 Å². The van der Waals surface area contributed by atoms with Gasteiger partial charge in [-0.1, -0.05) is 6.42 Å². The minimum Gasteiger partial charge on any atom is -0.723 e. The van der Waals surface area contributed by atoms with Crippen molar-refractivity contribution in [3.63, 3.8) is 0 Å². The molecule has 0 aromatic rings. The molecule has 11 heteroatoms. The Morgan fingerprint density at radius 3 is 2.10 bits per heavy atom. The number of hydrogen-bond acceptors (Lipinski definition) is 8. The number of carbonyl (C=O) groups excluding carboxylic acids is 2. The molecule has 0 saturated heterocycles. The zero-order chi connectivity index (χ0) is 14.0. The first kappa shape index (κ1) is 30.6. The van der Waals surface area contributed by atoms with Crippen LogP contribution in [0, 0.1) is 0 Å². The van der Waals surface area contributed by atoms with Gasteiger partial charge in [-0.2, -0.15) is 0 Å². The number of hydrogen-bond donors (Lipinski definition) is 1. The van der Waals surface area contributed by atoms with Crippen molar-refractivity contribution in [3.05, 3.63) is 0 Å². The molecule has 0 spiro atoms. The maximum Gasteiger partial charge on any atom is 1.00 e. The first-order chi connectivity index (χ1) is 8.52. The number of rotatable bonds is 11. The molecule has 0 saturated carbocycles. The number of nitrogens with two attached hydrogens (primary N) is 1. The van der Waals surface area contributed by atoms with Crippen LogP contribution >= 0.6 is 0 Å². The summed E-state index contributed by atoms with van der Waals surface area (Å²) in [5.41, 5.74) is 5.29. The van der Waals surface area contributed by atoms with E-state index in [0.717, 1.165) is 4.90 Å². The van der Waals surface area contributed by atoms with E-state index in [0.29, 0.717) is 19.4 Å². The molecule has 0 aromatic carbocycles. The van der Waals surface area contributed by atoms with Gasteiger partial charge in [0.05, 0.1) is 11.9 Å². The van der Waals surface area contributed by atoms with E-state index in [1.807, 2.05) is 0 Å². The Labute approximate surface area is 190 Å². The van der Waals surface area contributed by atoms with Crippen molar-refractivity contribution < 1.29 is 119 Å². The second-order valence-electron chi connectivity index (χ2n) is 3.78. The van der Waals surface area contributed by atoms with Gasteiger partial charge in [-0.15, -0.1) is 0 Å². The molecule has 0 aliphatic carbocycles. The van der Waals surface area contributed by atoms with Crippen LogP contribution in [-0.4, -0.2) is 49.1 Å². The van der Waals surface area contributed by atoms with Gasteiger partial charge in [-0.25, -0.2) is 0 Å². The van der Waals surface area contributed by atoms with E-state index in [2.05, 4.69) is 4.89 Å². The van der Waals surface area contributed by atoms with Crippen molar-refractivity contribution in [3.8, 4) is 0 Å². The van der Waals surface area contributed by atoms with Crippen LogP contribution in [0.25, 0.3) is 0 Å². The van der Waals surface area contributed by atoms with Crippen LogP contribution in [0.2, 0.25) is 0 Å². The summed E-state index contributed by atoms with van der Waals surface area (Å²) in [7, 11) is 0. The molecule has 0 heterocycles. The number of carbonyl (C=O) groups is 2. The SMILES string of the molecule is NCCCCC(C(=O)[O-])N(CCO[O-])CC(=O)[O-].[Na+].[Na+].[Na+]. The Hall–Kier alpha value is 1.78. The molecular weight excluding hydrogens is 313 g/mol. The molecule has 1 atom stereocenters. The van der Waals surface area contributed by atoms with Crippen LogP contribution in [0.4, 0.5) is 0 Å². The van der Waals surface area contributed by atoms with Crippen molar-refractivity contribution in [2.45, 2.75) is 25.3 Å². The molecule has 0 fully saturated rings. The summed E-state index contributed by atoms with van der Waals surface area (Å²) >= 11 is 0. The Morgan fingerprint density at radius 2 is 1.71 bits per heavy atom. The van der Waals surface area contributed by atoms with Crippen LogP contribution in [0.15, 0.2) is 0 Å². The molecule has 1 unspecified atom stereocenters. The molecular formula is C10H17N2Na3O6. The van der Waals surface area contributed by atoms with Crippen molar-refractivity contribution in [2.75, 3.05) is 26.2 Å². The molecule has 0 rings (SSSR count). The largest absolute Gasteiger partial charge is 1.00 e. The fraction of sp³-hybridized carbons (Fsp3) is 0.800. The number of aliphatic carboxylic acids is 2. The standard InChI is InChI=1S/C10H20N2O6.3Na/c11-4-2-1-3-8(10(15)16)12(5-6-18-17)7-9(13)14;;;/h8,17H,1-7,11H2,(H,13,14)(H,15,16);;;/q;3*+1/p-3. The minimum atomic E-state index is -1.43. The summed E-state index contributed by atoms with van der Waals surface area (Å²) in [5, 5.41) is 31.4. The van der Waals surface area contributed by atoms with Gasteiger partial charge in [-0.3, -0.25) is 4.90 Å². The van der Waals surface area contributed by atoms with Gasteiger partial charge >= 0.3 is 88.7 Å². The third-order valence-electron chi connectivity index (χ3n) is 2.44. The van der Waals surface area contributed by atoms with Crippen LogP contribution in [0.3, 0.4) is 0 Å². The molecule has 21 heavy (non-hydrogen) atoms. The average molecular weight is 330 g/mol. The van der Waals surface area contributed by atoms with Crippen molar-refractivity contribution in [2.24, 2.45) is 5.73 Å². The summed E-state index contributed by atoms with van der Waals surface area (Å²) in [6.45, 7) is -0.596. The van der Waals surface area contributed by atoms with Gasteiger partial charge in [0.25, 0.3) is 0 Å². The molecule has 0 amide bonds. The Bertz CT molecular complexity index is 273. The minimum absolute atomic E-state index is 0. The zero-order valence-corrected chi connectivity index (χ0v) is 19.0. The average Bonchev–Trinajstić information content (AvgIpc) is 2.29. The number of unbranched alkanes of at least 4 members (excludes halogenated alkanes) is 1. The Kier molecular flexibility index (Phi) is 28.9. The predicted octanol–water partition coefficient (Wildman–Crippen LogP) is -13.4. The molecule has 8 nitrogen and oxygen atoms in total. The molecule has 106 valence electrons. The number of carboxylic acids is 2. The fourth-order valence-corrected chi connectivity index (χ4v) is 1.60. The van der Waals surface area contributed by atoms with E-state index in [9.17, 15) is 25.1 Å². The van der Waals surface area contributed by atoms with Crippen LogP contribution in [0.1, 0.15) is 19.3 Å². The number of nitrogens with zero attached hydrogens (tertiary/aromatic N) is 1. The molecule has 0 aromatic heterocycles. The fourth-order valence-electron chi connectivity index (χ4n) is 1.60. The van der Waals surface area contributed by atoms with Gasteiger partial charge in [-0.05, 0) is 19.4 Å². The zero-order valence-electron chi connectivity index (χ0n) is 13.0. The molecule has 2 N–H and O–H groups in total. The summed E-state index contributed by atoms with van der Waals surface area (Å²) in [6.07, 6.45) is 1.35. The second kappa shape index (κ2) is 19.8. The summed E-state index contributed by atoms with van der Waals surface area (Å²) in [4.78, 5) is 26.1. The van der Waals surface area contributed by atoms with E-state index in [1.54, 1.807) is 0 Å². The van der Waals surface area contributed by atoms with Gasteiger partial charge < -0.3 is 35.7 Å². The topological polar surface area (TPSA) is 142 Å². The van der Waals surface area contributed by atoms with Gasteiger partial charge in [0.15, 0.2) is 0 Å². The van der Waals surface area contributed by atoms with Gasteiger partial charge in [0.1, 0.15) is 0 Å². The van der Waals surface area contributed by atoms with Crippen LogP contribution in [0.5, 0.6) is 0 Å². The second-order valence-corrected chi connectivity index (χ2v) is 3.78. The van der Waals surface area contributed by atoms with Crippen molar-refractivity contribution in [1.82, 2.24) is 4.90 Å². The third-order valence-corrected chi connectivity index (χ3v) is 2.44. The quantitative estimate of drug-likeness (QED) is 0.170. The molecule has 0 aliphatic heterocycles. The Morgan fingerprint density at radius 1 is 1.14 bits per heavy atom. The Balaban J connectivity index is -0.000000482. The van der Waals surface area contributed by atoms with E-state index in [4.69, 9.17) is 5.73 Å². The van der Waals surface area contributed by atoms with Gasteiger partial charge in [0, 0.05) is 25.7 Å². The first-order valence-corrected chi connectivity index (χ1v) is 5.62. The third kappa shape index (κ3) is 16.4. The smallest absolute Gasteiger partial charge is 0.723 e. The summed E-state index contributed by atoms with van der Waals surface area (Å²) in [6, 6.07) is -1.09.